The summed E-state index contributed by atoms with van der Waals surface area (Å²) in [7, 11) is 1.91. The van der Waals surface area contributed by atoms with E-state index in [1.807, 2.05) is 39.1 Å². The van der Waals surface area contributed by atoms with Crippen LogP contribution >= 0.6 is 11.3 Å². The summed E-state index contributed by atoms with van der Waals surface area (Å²) in [5.74, 6) is 0.608. The van der Waals surface area contributed by atoms with E-state index in [9.17, 15) is 5.26 Å². The molecule has 0 saturated carbocycles. The third kappa shape index (κ3) is 7.22. The monoisotopic (exact) mass is 488 g/mol. The molecule has 2 aromatic carbocycles. The largest absolute Gasteiger partial charge is 0.490 e. The van der Waals surface area contributed by atoms with E-state index in [1.165, 1.54) is 23.1 Å². The molecule has 0 atom stereocenters. The Morgan fingerprint density at radius 1 is 1.20 bits per heavy atom. The molecule has 7 nitrogen and oxygen atoms in total. The van der Waals surface area contributed by atoms with Crippen molar-refractivity contribution in [1.29, 1.82) is 5.26 Å². The van der Waals surface area contributed by atoms with Crippen molar-refractivity contribution in [2.45, 2.75) is 39.2 Å². The van der Waals surface area contributed by atoms with E-state index in [-0.39, 0.29) is 6.10 Å². The molecular weight excluding hydrogens is 456 g/mol. The summed E-state index contributed by atoms with van der Waals surface area (Å²) in [5, 5.41) is 26.0. The first-order valence-corrected chi connectivity index (χ1v) is 12.5. The first kappa shape index (κ1) is 26.1. The van der Waals surface area contributed by atoms with Gasteiger partial charge in [-0.3, -0.25) is 4.99 Å². The van der Waals surface area contributed by atoms with Gasteiger partial charge in [0.25, 0.3) is 0 Å². The molecule has 0 bridgehead atoms. The van der Waals surface area contributed by atoms with Gasteiger partial charge < -0.3 is 15.4 Å². The predicted octanol–water partition coefficient (Wildman–Crippen LogP) is 4.99. The average Bonchev–Trinajstić information content (AvgIpc) is 3.54. The molecule has 3 aromatic rings. The lowest BCUT2D eigenvalue weighted by Gasteiger charge is -2.11. The molecule has 0 aliphatic heterocycles. The number of ether oxygens (including phenoxy) is 1. The van der Waals surface area contributed by atoms with Gasteiger partial charge in [0, 0.05) is 36.6 Å². The van der Waals surface area contributed by atoms with Crippen LogP contribution in [0.25, 0.3) is 21.1 Å². The molecule has 182 valence electrons. The molecular formula is C27H32N6OS. The number of hydrogen-bond acceptors (Lipinski definition) is 8. The SMILES string of the molecule is C=N/C=C\NCCNC.CC(C)Oc1ccc(-c2nnc(-c3cccc4c3CCC4)s2)cc1C#N. The second-order valence-corrected chi connectivity index (χ2v) is 9.23. The molecule has 2 N–H and O–H groups in total. The maximum Gasteiger partial charge on any atom is 0.148 e. The lowest BCUT2D eigenvalue weighted by Crippen LogP contribution is -2.20. The summed E-state index contributed by atoms with van der Waals surface area (Å²) >= 11 is 1.57. The summed E-state index contributed by atoms with van der Waals surface area (Å²) in [4.78, 5) is 3.52. The summed E-state index contributed by atoms with van der Waals surface area (Å²) in [6, 6.07) is 14.3. The van der Waals surface area contributed by atoms with Crippen molar-refractivity contribution >= 4 is 18.1 Å². The van der Waals surface area contributed by atoms with E-state index in [2.05, 4.69) is 56.8 Å². The first-order valence-electron chi connectivity index (χ1n) is 11.7. The number of nitrogens with zero attached hydrogens (tertiary/aromatic N) is 4. The zero-order valence-corrected chi connectivity index (χ0v) is 21.4. The van der Waals surface area contributed by atoms with Gasteiger partial charge in [-0.25, -0.2) is 0 Å². The van der Waals surface area contributed by atoms with Crippen LogP contribution in [0.1, 0.15) is 37.0 Å². The molecule has 35 heavy (non-hydrogen) atoms. The molecule has 1 aromatic heterocycles. The number of aliphatic imine (C=N–C) groups is 1. The van der Waals surface area contributed by atoms with Crippen LogP contribution in [0.4, 0.5) is 0 Å². The van der Waals surface area contributed by atoms with Crippen LogP contribution in [0.5, 0.6) is 5.75 Å². The number of aromatic nitrogens is 2. The number of benzene rings is 2. The number of fused-ring (bicyclic) bond motifs is 1. The average molecular weight is 489 g/mol. The van der Waals surface area contributed by atoms with Crippen LogP contribution in [0.3, 0.4) is 0 Å². The first-order chi connectivity index (χ1) is 17.1. The topological polar surface area (TPSA) is 95.2 Å². The highest BCUT2D eigenvalue weighted by Gasteiger charge is 2.19. The second kappa shape index (κ2) is 13.4. The Balaban J connectivity index is 0.000000327. The Morgan fingerprint density at radius 2 is 2.03 bits per heavy atom. The molecule has 1 aliphatic rings. The van der Waals surface area contributed by atoms with Crippen LogP contribution in [-0.4, -0.2) is 43.2 Å². The van der Waals surface area contributed by atoms with Crippen molar-refractivity contribution in [2.75, 3.05) is 20.1 Å². The molecule has 0 fully saturated rings. The van der Waals surface area contributed by atoms with E-state index >= 15 is 0 Å². The number of rotatable bonds is 9. The molecule has 0 radical (unpaired) electrons. The van der Waals surface area contributed by atoms with Crippen LogP contribution in [0.2, 0.25) is 0 Å². The lowest BCUT2D eigenvalue weighted by atomic mass is 10.0. The third-order valence-electron chi connectivity index (χ3n) is 5.33. The van der Waals surface area contributed by atoms with Gasteiger partial charge in [0.1, 0.15) is 21.8 Å². The van der Waals surface area contributed by atoms with Crippen molar-refractivity contribution in [2.24, 2.45) is 4.99 Å². The predicted molar refractivity (Wildman–Crippen MR) is 144 cm³/mol. The maximum atomic E-state index is 9.43. The van der Waals surface area contributed by atoms with Crippen molar-refractivity contribution in [1.82, 2.24) is 20.8 Å². The maximum absolute atomic E-state index is 9.43. The Hall–Kier alpha value is -3.54. The summed E-state index contributed by atoms with van der Waals surface area (Å²) in [5.41, 5.74) is 5.46. The number of hydrogen-bond donors (Lipinski definition) is 2. The highest BCUT2D eigenvalue weighted by molar-refractivity contribution is 7.17. The van der Waals surface area contributed by atoms with Crippen LogP contribution in [0, 0.1) is 11.3 Å². The van der Waals surface area contributed by atoms with Gasteiger partial charge in [0.15, 0.2) is 0 Å². The molecule has 0 unspecified atom stereocenters. The molecule has 4 rings (SSSR count). The standard InChI is InChI=1S/C21H19N3OS.C6H13N3/c1-13(2)25-19-10-9-15(11-16(19)12-22)20-23-24-21(26-20)18-8-4-6-14-5-3-7-17(14)18;1-7-3-5-9-6-4-8-2/h4,6,8-11,13H,3,5,7H2,1-2H3;3,5,8-9H,1,4,6H2,2H3/b;5-3-. The van der Waals surface area contributed by atoms with E-state index in [4.69, 9.17) is 4.74 Å². The molecule has 1 heterocycles. The number of likely N-dealkylation sites (N-methyl/N-ethyl adjacent to an activating group) is 1. The number of nitriles is 1. The quantitative estimate of drug-likeness (QED) is 0.326. The van der Waals surface area contributed by atoms with Gasteiger partial charge in [-0.05, 0) is 76.2 Å². The van der Waals surface area contributed by atoms with Gasteiger partial charge in [-0.1, -0.05) is 29.5 Å². The van der Waals surface area contributed by atoms with Crippen molar-refractivity contribution < 1.29 is 4.74 Å². The minimum absolute atomic E-state index is 0.0289. The van der Waals surface area contributed by atoms with Gasteiger partial charge in [0.2, 0.25) is 0 Å². The zero-order valence-electron chi connectivity index (χ0n) is 20.5. The van der Waals surface area contributed by atoms with Gasteiger partial charge in [-0.2, -0.15) is 5.26 Å². The Morgan fingerprint density at radius 3 is 2.77 bits per heavy atom. The van der Waals surface area contributed by atoms with Gasteiger partial charge in [0.05, 0.1) is 11.7 Å². The van der Waals surface area contributed by atoms with E-state index in [1.54, 1.807) is 23.7 Å². The Bertz CT molecular complexity index is 1190. The van der Waals surface area contributed by atoms with Crippen molar-refractivity contribution in [3.05, 3.63) is 65.5 Å². The van der Waals surface area contributed by atoms with Crippen LogP contribution in [0.15, 0.2) is 53.8 Å². The lowest BCUT2D eigenvalue weighted by molar-refractivity contribution is 0.242. The van der Waals surface area contributed by atoms with E-state index in [0.717, 1.165) is 41.5 Å². The summed E-state index contributed by atoms with van der Waals surface area (Å²) in [6.45, 7) is 9.06. The molecule has 1 aliphatic carbocycles. The van der Waals surface area contributed by atoms with Crippen molar-refractivity contribution in [3.63, 3.8) is 0 Å². The summed E-state index contributed by atoms with van der Waals surface area (Å²) < 4.78 is 5.70. The van der Waals surface area contributed by atoms with Crippen LogP contribution in [-0.2, 0) is 12.8 Å². The normalized spacial score (nSPS) is 12.1. The van der Waals surface area contributed by atoms with Crippen LogP contribution < -0.4 is 15.4 Å². The summed E-state index contributed by atoms with van der Waals surface area (Å²) in [6.07, 6.45) is 6.89. The molecule has 0 amide bonds. The van der Waals surface area contributed by atoms with Gasteiger partial charge in [-0.15, -0.1) is 10.2 Å². The zero-order chi connectivity index (χ0) is 25.0. The fraction of sp³-hybridized carbons (Fsp3) is 0.333. The molecule has 0 spiro atoms. The minimum Gasteiger partial charge on any atom is -0.490 e. The highest BCUT2D eigenvalue weighted by atomic mass is 32.1. The third-order valence-corrected chi connectivity index (χ3v) is 6.33. The second-order valence-electron chi connectivity index (χ2n) is 8.25. The molecule has 8 heteroatoms. The van der Waals surface area contributed by atoms with E-state index in [0.29, 0.717) is 11.3 Å². The number of nitrogens with one attached hydrogen (secondary N) is 2. The van der Waals surface area contributed by atoms with Crippen molar-refractivity contribution in [3.8, 4) is 33.0 Å². The number of aryl methyl sites for hydroxylation is 1. The molecule has 0 saturated heterocycles. The fourth-order valence-corrected chi connectivity index (χ4v) is 4.65. The Labute approximate surface area is 211 Å². The Kier molecular flexibility index (Phi) is 9.96. The highest BCUT2D eigenvalue weighted by Crippen LogP contribution is 2.37. The minimum atomic E-state index is 0.0289. The fourth-order valence-electron chi connectivity index (χ4n) is 3.76. The van der Waals surface area contributed by atoms with E-state index < -0.39 is 0 Å². The smallest absolute Gasteiger partial charge is 0.148 e. The van der Waals surface area contributed by atoms with Gasteiger partial charge >= 0.3 is 0 Å².